The molecule has 0 atom stereocenters. The van der Waals surface area contributed by atoms with Crippen molar-refractivity contribution in [3.8, 4) is 5.88 Å². The molecular formula is C11H19N3O. The van der Waals surface area contributed by atoms with E-state index in [0.29, 0.717) is 12.5 Å². The highest BCUT2D eigenvalue weighted by atomic mass is 16.5. The van der Waals surface area contributed by atoms with Crippen LogP contribution in [0.2, 0.25) is 0 Å². The first-order chi connectivity index (χ1) is 7.21. The van der Waals surface area contributed by atoms with E-state index >= 15 is 0 Å². The molecule has 0 bridgehead atoms. The highest BCUT2D eigenvalue weighted by molar-refractivity contribution is 5.33. The van der Waals surface area contributed by atoms with Crippen molar-refractivity contribution in [1.29, 1.82) is 0 Å². The van der Waals surface area contributed by atoms with Gasteiger partial charge in [-0.3, -0.25) is 0 Å². The largest absolute Gasteiger partial charge is 0.478 e. The lowest BCUT2D eigenvalue weighted by Gasteiger charge is -2.19. The monoisotopic (exact) mass is 209 g/mol. The standard InChI is InChI=1S/C11H19N3O/c1-5-14(6-2)11-12-9(4)8-10(13-11)15-7-3/h8H,5-7H2,1-4H3. The molecule has 4 nitrogen and oxygen atoms in total. The van der Waals surface area contributed by atoms with Gasteiger partial charge in [-0.2, -0.15) is 4.98 Å². The fourth-order valence-electron chi connectivity index (χ4n) is 1.39. The van der Waals surface area contributed by atoms with Gasteiger partial charge in [0, 0.05) is 24.8 Å². The van der Waals surface area contributed by atoms with E-state index in [2.05, 4.69) is 28.7 Å². The Morgan fingerprint density at radius 3 is 2.40 bits per heavy atom. The Balaban J connectivity index is 2.96. The average molecular weight is 209 g/mol. The zero-order chi connectivity index (χ0) is 11.3. The summed E-state index contributed by atoms with van der Waals surface area (Å²) in [4.78, 5) is 10.9. The van der Waals surface area contributed by atoms with Crippen LogP contribution >= 0.6 is 0 Å². The molecule has 0 aliphatic heterocycles. The van der Waals surface area contributed by atoms with Gasteiger partial charge < -0.3 is 9.64 Å². The number of rotatable bonds is 5. The van der Waals surface area contributed by atoms with Crippen LogP contribution in [-0.4, -0.2) is 29.7 Å². The molecule has 15 heavy (non-hydrogen) atoms. The molecule has 0 saturated carbocycles. The Bertz CT molecular complexity index is 311. The maximum Gasteiger partial charge on any atom is 0.228 e. The molecule has 1 aromatic heterocycles. The number of anilines is 1. The molecule has 0 aliphatic rings. The van der Waals surface area contributed by atoms with Gasteiger partial charge in [-0.15, -0.1) is 0 Å². The van der Waals surface area contributed by atoms with Gasteiger partial charge in [0.25, 0.3) is 0 Å². The predicted molar refractivity (Wildman–Crippen MR) is 61.5 cm³/mol. The van der Waals surface area contributed by atoms with Crippen LogP contribution in [0.5, 0.6) is 5.88 Å². The van der Waals surface area contributed by atoms with Gasteiger partial charge in [-0.1, -0.05) is 0 Å². The Morgan fingerprint density at radius 1 is 1.20 bits per heavy atom. The van der Waals surface area contributed by atoms with Crippen molar-refractivity contribution in [3.63, 3.8) is 0 Å². The fourth-order valence-corrected chi connectivity index (χ4v) is 1.39. The van der Waals surface area contributed by atoms with E-state index in [9.17, 15) is 0 Å². The van der Waals surface area contributed by atoms with Crippen LogP contribution in [0.4, 0.5) is 5.95 Å². The normalized spacial score (nSPS) is 10.1. The molecule has 1 aromatic rings. The minimum Gasteiger partial charge on any atom is -0.478 e. The number of ether oxygens (including phenoxy) is 1. The summed E-state index contributed by atoms with van der Waals surface area (Å²) < 4.78 is 5.39. The number of aromatic nitrogens is 2. The second kappa shape index (κ2) is 5.53. The zero-order valence-electron chi connectivity index (χ0n) is 9.95. The van der Waals surface area contributed by atoms with Crippen LogP contribution in [-0.2, 0) is 0 Å². The van der Waals surface area contributed by atoms with E-state index in [4.69, 9.17) is 4.74 Å². The van der Waals surface area contributed by atoms with Gasteiger partial charge >= 0.3 is 0 Å². The molecule has 0 aromatic carbocycles. The Hall–Kier alpha value is -1.32. The van der Waals surface area contributed by atoms with Crippen LogP contribution in [0.15, 0.2) is 6.07 Å². The summed E-state index contributed by atoms with van der Waals surface area (Å²) in [5.74, 6) is 1.41. The molecule has 84 valence electrons. The Morgan fingerprint density at radius 2 is 1.87 bits per heavy atom. The lowest BCUT2D eigenvalue weighted by Crippen LogP contribution is -2.24. The summed E-state index contributed by atoms with van der Waals surface area (Å²) in [5, 5.41) is 0. The molecule has 0 amide bonds. The van der Waals surface area contributed by atoms with Crippen molar-refractivity contribution in [2.24, 2.45) is 0 Å². The molecular weight excluding hydrogens is 190 g/mol. The molecule has 0 unspecified atom stereocenters. The number of hydrogen-bond donors (Lipinski definition) is 0. The number of aryl methyl sites for hydroxylation is 1. The Labute approximate surface area is 91.3 Å². The van der Waals surface area contributed by atoms with Crippen molar-refractivity contribution in [2.45, 2.75) is 27.7 Å². The topological polar surface area (TPSA) is 38.2 Å². The van der Waals surface area contributed by atoms with Gasteiger partial charge in [0.1, 0.15) is 0 Å². The molecule has 0 saturated heterocycles. The van der Waals surface area contributed by atoms with E-state index in [1.807, 2.05) is 19.9 Å². The third kappa shape index (κ3) is 3.08. The molecule has 0 fully saturated rings. The first-order valence-electron chi connectivity index (χ1n) is 5.44. The van der Waals surface area contributed by atoms with E-state index in [0.717, 1.165) is 24.7 Å². The molecule has 0 radical (unpaired) electrons. The van der Waals surface area contributed by atoms with Crippen LogP contribution < -0.4 is 9.64 Å². The van der Waals surface area contributed by atoms with Crippen molar-refractivity contribution >= 4 is 5.95 Å². The van der Waals surface area contributed by atoms with E-state index in [-0.39, 0.29) is 0 Å². The van der Waals surface area contributed by atoms with Crippen molar-refractivity contribution in [1.82, 2.24) is 9.97 Å². The zero-order valence-corrected chi connectivity index (χ0v) is 9.95. The Kier molecular flexibility index (Phi) is 4.34. The van der Waals surface area contributed by atoms with Gasteiger partial charge in [-0.25, -0.2) is 4.98 Å². The molecule has 0 N–H and O–H groups in total. The fraction of sp³-hybridized carbons (Fsp3) is 0.636. The molecule has 1 heterocycles. The summed E-state index contributed by atoms with van der Waals surface area (Å²) >= 11 is 0. The minimum atomic E-state index is 0.633. The average Bonchev–Trinajstić information content (AvgIpc) is 2.19. The van der Waals surface area contributed by atoms with Crippen molar-refractivity contribution < 1.29 is 4.74 Å². The second-order valence-electron chi connectivity index (χ2n) is 3.25. The van der Waals surface area contributed by atoms with Gasteiger partial charge in [-0.05, 0) is 27.7 Å². The van der Waals surface area contributed by atoms with Crippen molar-refractivity contribution in [3.05, 3.63) is 11.8 Å². The van der Waals surface area contributed by atoms with Crippen LogP contribution in [0.3, 0.4) is 0 Å². The quantitative estimate of drug-likeness (QED) is 0.743. The number of hydrogen-bond acceptors (Lipinski definition) is 4. The van der Waals surface area contributed by atoms with Gasteiger partial charge in [0.05, 0.1) is 6.61 Å². The third-order valence-electron chi connectivity index (χ3n) is 2.16. The molecule has 0 aliphatic carbocycles. The van der Waals surface area contributed by atoms with E-state index < -0.39 is 0 Å². The van der Waals surface area contributed by atoms with E-state index in [1.165, 1.54) is 0 Å². The summed E-state index contributed by atoms with van der Waals surface area (Å²) in [6, 6.07) is 1.86. The molecule has 4 heteroatoms. The van der Waals surface area contributed by atoms with Crippen LogP contribution in [0, 0.1) is 6.92 Å². The number of nitrogens with zero attached hydrogens (tertiary/aromatic N) is 3. The lowest BCUT2D eigenvalue weighted by molar-refractivity contribution is 0.326. The second-order valence-corrected chi connectivity index (χ2v) is 3.25. The highest BCUT2D eigenvalue weighted by Gasteiger charge is 2.08. The summed E-state index contributed by atoms with van der Waals surface area (Å²) in [5.41, 5.74) is 0.940. The maximum absolute atomic E-state index is 5.39. The van der Waals surface area contributed by atoms with E-state index in [1.54, 1.807) is 0 Å². The van der Waals surface area contributed by atoms with Gasteiger partial charge in [0.15, 0.2) is 0 Å². The third-order valence-corrected chi connectivity index (χ3v) is 2.16. The first kappa shape index (κ1) is 11.8. The first-order valence-corrected chi connectivity index (χ1v) is 5.44. The summed E-state index contributed by atoms with van der Waals surface area (Å²) in [7, 11) is 0. The SMILES string of the molecule is CCOc1cc(C)nc(N(CC)CC)n1. The van der Waals surface area contributed by atoms with Gasteiger partial charge in [0.2, 0.25) is 11.8 Å². The maximum atomic E-state index is 5.39. The molecule has 0 spiro atoms. The molecule has 1 rings (SSSR count). The summed E-state index contributed by atoms with van der Waals surface area (Å²) in [6.45, 7) is 10.5. The highest BCUT2D eigenvalue weighted by Crippen LogP contribution is 2.14. The van der Waals surface area contributed by atoms with Crippen LogP contribution in [0.25, 0.3) is 0 Å². The minimum absolute atomic E-state index is 0.633. The smallest absolute Gasteiger partial charge is 0.228 e. The summed E-state index contributed by atoms with van der Waals surface area (Å²) in [6.07, 6.45) is 0. The van der Waals surface area contributed by atoms with Crippen LogP contribution in [0.1, 0.15) is 26.5 Å². The predicted octanol–water partition coefficient (Wildman–Crippen LogP) is 2.03. The lowest BCUT2D eigenvalue weighted by atomic mass is 10.4. The van der Waals surface area contributed by atoms with Crippen molar-refractivity contribution in [2.75, 3.05) is 24.6 Å².